The molecule has 0 radical (unpaired) electrons. The molecule has 0 rings (SSSR count). The molecule has 0 bridgehead atoms. The minimum atomic E-state index is -2.80. The van der Waals surface area contributed by atoms with Gasteiger partial charge in [0, 0.05) is 27.4 Å². The molecule has 0 unspecified atom stereocenters. The highest BCUT2D eigenvalue weighted by atomic mass is 28.4. The molecule has 0 aliphatic heterocycles. The van der Waals surface area contributed by atoms with Gasteiger partial charge in [-0.1, -0.05) is 6.92 Å². The second-order valence-electron chi connectivity index (χ2n) is 2.72. The Morgan fingerprint density at radius 1 is 1.20 bits per heavy atom. The maximum absolute atomic E-state index is 11.1. The number of carbonyl (C=O) groups is 1. The number of esters is 1. The van der Waals surface area contributed by atoms with Crippen LogP contribution in [0.25, 0.3) is 0 Å². The molecule has 0 heterocycles. The SMILES string of the molecule is CCCOC(=O)C=C[Si](OC)(OC)OC. The lowest BCUT2D eigenvalue weighted by Crippen LogP contribution is -2.41. The minimum Gasteiger partial charge on any atom is -0.463 e. The Morgan fingerprint density at radius 2 is 1.73 bits per heavy atom. The Bertz CT molecular complexity index is 204. The second kappa shape index (κ2) is 7.58. The van der Waals surface area contributed by atoms with E-state index in [9.17, 15) is 4.79 Å². The average molecular weight is 234 g/mol. The molecule has 0 atom stereocenters. The van der Waals surface area contributed by atoms with Crippen LogP contribution in [0.5, 0.6) is 0 Å². The Balaban J connectivity index is 4.26. The molecule has 0 N–H and O–H groups in total. The molecule has 0 aliphatic carbocycles. The fourth-order valence-corrected chi connectivity index (χ4v) is 2.12. The van der Waals surface area contributed by atoms with E-state index >= 15 is 0 Å². The number of hydrogen-bond donors (Lipinski definition) is 0. The van der Waals surface area contributed by atoms with E-state index in [2.05, 4.69) is 0 Å². The summed E-state index contributed by atoms with van der Waals surface area (Å²) in [5, 5.41) is 0. The van der Waals surface area contributed by atoms with E-state index in [-0.39, 0.29) is 0 Å². The van der Waals surface area contributed by atoms with Gasteiger partial charge in [-0.3, -0.25) is 0 Å². The van der Waals surface area contributed by atoms with E-state index in [0.717, 1.165) is 6.42 Å². The summed E-state index contributed by atoms with van der Waals surface area (Å²) in [6, 6.07) is 0. The summed E-state index contributed by atoms with van der Waals surface area (Å²) in [5.74, 6) is -0.417. The molecule has 0 aliphatic rings. The van der Waals surface area contributed by atoms with Crippen molar-refractivity contribution in [3.8, 4) is 0 Å². The molecule has 0 saturated carbocycles. The lowest BCUT2D eigenvalue weighted by Gasteiger charge is -2.19. The van der Waals surface area contributed by atoms with Gasteiger partial charge in [0.2, 0.25) is 0 Å². The van der Waals surface area contributed by atoms with Gasteiger partial charge in [-0.2, -0.15) is 0 Å². The monoisotopic (exact) mass is 234 g/mol. The van der Waals surface area contributed by atoms with Gasteiger partial charge in [0.25, 0.3) is 0 Å². The number of hydrogen-bond acceptors (Lipinski definition) is 5. The second-order valence-corrected chi connectivity index (χ2v) is 5.48. The lowest BCUT2D eigenvalue weighted by molar-refractivity contribution is -0.137. The Hall–Kier alpha value is -0.693. The maximum atomic E-state index is 11.1. The molecule has 0 spiro atoms. The van der Waals surface area contributed by atoms with Gasteiger partial charge >= 0.3 is 14.8 Å². The summed E-state index contributed by atoms with van der Waals surface area (Å²) in [6.07, 6.45) is 2.07. The summed E-state index contributed by atoms with van der Waals surface area (Å²) >= 11 is 0. The molecule has 6 heteroatoms. The highest BCUT2D eigenvalue weighted by Crippen LogP contribution is 2.07. The summed E-state index contributed by atoms with van der Waals surface area (Å²) in [4.78, 5) is 11.1. The van der Waals surface area contributed by atoms with Crippen LogP contribution in [0.1, 0.15) is 13.3 Å². The largest absolute Gasteiger partial charge is 0.529 e. The minimum absolute atomic E-state index is 0.407. The van der Waals surface area contributed by atoms with E-state index in [0.29, 0.717) is 6.61 Å². The lowest BCUT2D eigenvalue weighted by atomic mass is 10.5. The van der Waals surface area contributed by atoms with Crippen molar-refractivity contribution < 1.29 is 22.8 Å². The number of rotatable bonds is 7. The van der Waals surface area contributed by atoms with Gasteiger partial charge in [0.15, 0.2) is 0 Å². The van der Waals surface area contributed by atoms with Crippen LogP contribution in [-0.2, 0) is 22.8 Å². The third kappa shape index (κ3) is 5.08. The molecule has 88 valence electrons. The molecule has 0 saturated heterocycles. The third-order valence-corrected chi connectivity index (χ3v) is 4.01. The molecular weight excluding hydrogens is 216 g/mol. The van der Waals surface area contributed by atoms with Crippen LogP contribution < -0.4 is 0 Å². The topological polar surface area (TPSA) is 54.0 Å². The maximum Gasteiger partial charge on any atom is 0.529 e. The predicted octanol–water partition coefficient (Wildman–Crippen LogP) is 0.913. The Kier molecular flexibility index (Phi) is 7.23. The van der Waals surface area contributed by atoms with Crippen molar-refractivity contribution in [1.82, 2.24) is 0 Å². The van der Waals surface area contributed by atoms with Crippen molar-refractivity contribution in [3.05, 3.63) is 11.8 Å². The summed E-state index contributed by atoms with van der Waals surface area (Å²) in [5.41, 5.74) is 1.49. The smallest absolute Gasteiger partial charge is 0.463 e. The first kappa shape index (κ1) is 14.3. The van der Waals surface area contributed by atoms with Gasteiger partial charge < -0.3 is 18.0 Å². The standard InChI is InChI=1S/C9H18O5Si/c1-5-7-14-9(10)6-8-15(11-2,12-3)13-4/h6,8H,5,7H2,1-4H3. The summed E-state index contributed by atoms with van der Waals surface area (Å²) < 4.78 is 20.1. The van der Waals surface area contributed by atoms with E-state index in [1.54, 1.807) is 0 Å². The quantitative estimate of drug-likeness (QED) is 0.372. The van der Waals surface area contributed by atoms with Crippen molar-refractivity contribution in [2.45, 2.75) is 13.3 Å². The van der Waals surface area contributed by atoms with Gasteiger partial charge in [-0.25, -0.2) is 4.79 Å². The van der Waals surface area contributed by atoms with Crippen molar-refractivity contribution in [2.75, 3.05) is 27.9 Å². The van der Waals surface area contributed by atoms with Gasteiger partial charge in [-0.05, 0) is 12.1 Å². The zero-order valence-electron chi connectivity index (χ0n) is 9.61. The van der Waals surface area contributed by atoms with Crippen LogP contribution >= 0.6 is 0 Å². The van der Waals surface area contributed by atoms with Crippen LogP contribution in [0.3, 0.4) is 0 Å². The molecule has 0 aromatic rings. The van der Waals surface area contributed by atoms with Gasteiger partial charge in [0.05, 0.1) is 6.61 Å². The summed E-state index contributed by atoms with van der Waals surface area (Å²) in [7, 11) is 1.62. The first-order chi connectivity index (χ1) is 7.14. The van der Waals surface area contributed by atoms with Crippen LogP contribution in [0.4, 0.5) is 0 Å². The first-order valence-electron chi connectivity index (χ1n) is 4.65. The van der Waals surface area contributed by atoms with Gasteiger partial charge in [0.1, 0.15) is 0 Å². The van der Waals surface area contributed by atoms with E-state index in [4.69, 9.17) is 18.0 Å². The van der Waals surface area contributed by atoms with Crippen molar-refractivity contribution in [1.29, 1.82) is 0 Å². The Morgan fingerprint density at radius 3 is 2.13 bits per heavy atom. The molecule has 0 amide bonds. The molecule has 5 nitrogen and oxygen atoms in total. The van der Waals surface area contributed by atoms with Crippen molar-refractivity contribution >= 4 is 14.8 Å². The predicted molar refractivity (Wildman–Crippen MR) is 57.2 cm³/mol. The average Bonchev–Trinajstić information content (AvgIpc) is 2.29. The zero-order chi connectivity index (χ0) is 11.7. The van der Waals surface area contributed by atoms with Crippen LogP contribution in [0.15, 0.2) is 11.8 Å². The van der Waals surface area contributed by atoms with E-state index in [1.807, 2.05) is 6.92 Å². The molecule has 0 aromatic heterocycles. The highest BCUT2D eigenvalue weighted by molar-refractivity contribution is 6.66. The molecule has 15 heavy (non-hydrogen) atoms. The fraction of sp³-hybridized carbons (Fsp3) is 0.667. The van der Waals surface area contributed by atoms with Crippen LogP contribution in [-0.4, -0.2) is 42.7 Å². The van der Waals surface area contributed by atoms with E-state index in [1.165, 1.54) is 33.1 Å². The summed E-state index contributed by atoms with van der Waals surface area (Å²) in [6.45, 7) is 2.33. The molecule has 0 aromatic carbocycles. The van der Waals surface area contributed by atoms with Crippen LogP contribution in [0, 0.1) is 0 Å². The zero-order valence-corrected chi connectivity index (χ0v) is 10.6. The van der Waals surface area contributed by atoms with Gasteiger partial charge in [-0.15, -0.1) is 0 Å². The number of carbonyl (C=O) groups excluding carboxylic acids is 1. The Labute approximate surface area is 91.3 Å². The van der Waals surface area contributed by atoms with Crippen molar-refractivity contribution in [3.63, 3.8) is 0 Å². The fourth-order valence-electron chi connectivity index (χ4n) is 0.875. The normalized spacial score (nSPS) is 12.0. The highest BCUT2D eigenvalue weighted by Gasteiger charge is 2.34. The van der Waals surface area contributed by atoms with Crippen molar-refractivity contribution in [2.24, 2.45) is 0 Å². The number of ether oxygens (including phenoxy) is 1. The van der Waals surface area contributed by atoms with E-state index < -0.39 is 14.8 Å². The third-order valence-electron chi connectivity index (χ3n) is 1.73. The first-order valence-corrected chi connectivity index (χ1v) is 6.45. The molecule has 0 fully saturated rings. The molecular formula is C9H18O5Si. The van der Waals surface area contributed by atoms with Crippen LogP contribution in [0.2, 0.25) is 0 Å².